The van der Waals surface area contributed by atoms with Crippen LogP contribution in [0.25, 0.3) is 44.5 Å². The molecule has 560 valence electrons. The van der Waals surface area contributed by atoms with Crippen LogP contribution in [0.5, 0.6) is 17.2 Å². The van der Waals surface area contributed by atoms with Crippen LogP contribution in [0.4, 0.5) is 54.3 Å². The zero-order valence-electron chi connectivity index (χ0n) is 63.9. The maximum atomic E-state index is 12.4. The van der Waals surface area contributed by atoms with E-state index in [1.807, 2.05) is 72.8 Å². The number of hydrogen-bond acceptors (Lipinski definition) is 13. The van der Waals surface area contributed by atoms with Crippen LogP contribution < -0.4 is 56.7 Å². The second kappa shape index (κ2) is 33.5. The third-order valence-electron chi connectivity index (χ3n) is 20.9. The van der Waals surface area contributed by atoms with E-state index in [2.05, 4.69) is 273 Å². The number of alkyl halides is 3. The van der Waals surface area contributed by atoms with E-state index in [-0.39, 0.29) is 43.9 Å². The van der Waals surface area contributed by atoms with Gasteiger partial charge in [0, 0.05) is 102 Å². The summed E-state index contributed by atoms with van der Waals surface area (Å²) in [7, 11) is 10.3. The molecule has 0 aliphatic carbocycles. The smallest absolute Gasteiger partial charge is 0.134 e. The lowest BCUT2D eigenvalue weighted by Crippen LogP contribution is -2.29. The summed E-state index contributed by atoms with van der Waals surface area (Å²) in [6.45, 7) is 8.10. The van der Waals surface area contributed by atoms with Crippen molar-refractivity contribution < 1.29 is 23.0 Å². The molecule has 4 atom stereocenters. The maximum absolute atomic E-state index is 12.4. The van der Waals surface area contributed by atoms with Gasteiger partial charge in [-0.05, 0) is 226 Å². The minimum atomic E-state index is -0.490. The van der Waals surface area contributed by atoms with Crippen molar-refractivity contribution in [3.05, 3.63) is 327 Å². The number of halogens is 3. The number of anilines is 8. The minimum Gasteiger partial charge on any atom is -0.497 e. The molecule has 0 saturated heterocycles. The second-order valence-corrected chi connectivity index (χ2v) is 28.3. The van der Waals surface area contributed by atoms with E-state index in [0.717, 1.165) is 45.4 Å². The summed E-state index contributed by atoms with van der Waals surface area (Å²) in [4.78, 5) is 9.30. The molecule has 17 rings (SSSR count). The summed E-state index contributed by atoms with van der Waals surface area (Å²) >= 11 is 4.64. The van der Waals surface area contributed by atoms with Crippen LogP contribution >= 0.6 is 11.6 Å². The maximum Gasteiger partial charge on any atom is 0.134 e. The summed E-state index contributed by atoms with van der Waals surface area (Å²) in [5, 5.41) is 7.90. The third-order valence-corrected chi connectivity index (χ3v) is 20.9. The fraction of sp³-hybridized carbons (Fsp3) is 0.204. The van der Waals surface area contributed by atoms with Crippen molar-refractivity contribution in [1.29, 1.82) is 0 Å². The van der Waals surface area contributed by atoms with Gasteiger partial charge >= 0.3 is 0 Å². The highest BCUT2D eigenvalue weighted by Gasteiger charge is 2.35. The average molecular weight is 1480 g/mol. The lowest BCUT2D eigenvalue weighted by molar-refractivity contribution is 0.273. The first-order valence-corrected chi connectivity index (χ1v) is 37.6. The number of nitrogens with zero attached hydrogens (tertiary/aromatic N) is 7. The fourth-order valence-corrected chi connectivity index (χ4v) is 15.7. The van der Waals surface area contributed by atoms with Gasteiger partial charge in [-0.2, -0.15) is 0 Å². The Bertz CT molecular complexity index is 5390. The summed E-state index contributed by atoms with van der Waals surface area (Å²) < 4.78 is 42.8. The highest BCUT2D eigenvalue weighted by atomic mass is 35.5. The van der Waals surface area contributed by atoms with E-state index >= 15 is 0 Å². The SMILES string of the molecule is Cc1ccc2c(c1)N(C)C(c1ccc(OCC[18F])cc1)c1cc(N)ccc1-2.Cc1ccc2c(c1)N(C)C(c1ccc(OCc3cn(CC[18F])nn3)cc1)c1cc(N)ccc1-2.Cc1ccc2c(c1)N(C)C(c1ccc(O[11CH3])cc1)c1cc(N)ccc1-2.Cc1ccc2c(c1)N([11CH3])C(c1ccccc1)c1cc(N)ccc1-2.[11CH3]Cl. The first-order chi connectivity index (χ1) is 53.3. The number of fused-ring (bicyclic) bond motifs is 12. The molecule has 5 heterocycles. The van der Waals surface area contributed by atoms with Gasteiger partial charge in [0.2, 0.25) is 0 Å². The van der Waals surface area contributed by atoms with E-state index in [1.54, 1.807) is 13.3 Å². The predicted molar refractivity (Wildman–Crippen MR) is 451 cm³/mol. The van der Waals surface area contributed by atoms with Crippen LogP contribution in [0.2, 0.25) is 0 Å². The zero-order chi connectivity index (χ0) is 77.4. The normalized spacial score (nSPS) is 15.0. The van der Waals surface area contributed by atoms with E-state index in [1.165, 1.54) is 134 Å². The van der Waals surface area contributed by atoms with Gasteiger partial charge in [0.1, 0.15) is 49.5 Å². The second-order valence-electron chi connectivity index (χ2n) is 28.3. The van der Waals surface area contributed by atoms with Crippen LogP contribution in [0.15, 0.2) is 255 Å². The summed E-state index contributed by atoms with van der Waals surface area (Å²) in [6, 6.07) is 86.5. The number of hydrogen-bond donors (Lipinski definition) is 4. The number of benzene rings is 12. The molecule has 0 saturated carbocycles. The van der Waals surface area contributed by atoms with Gasteiger partial charge in [0.05, 0.1) is 44.0 Å². The Morgan fingerprint density at radius 2 is 0.673 bits per heavy atom. The van der Waals surface area contributed by atoms with Crippen molar-refractivity contribution in [2.75, 3.05) is 104 Å². The number of ether oxygens (including phenoxy) is 3. The molecule has 0 amide bonds. The average Bonchev–Trinajstić information content (AvgIpc) is 0.776. The third kappa shape index (κ3) is 15.9. The predicted octanol–water partition coefficient (Wildman–Crippen LogP) is 20.5. The topological polar surface area (TPSA) is 175 Å². The number of aromatic nitrogens is 3. The monoisotopic (exact) mass is 1480 g/mol. The van der Waals surface area contributed by atoms with Crippen LogP contribution in [-0.2, 0) is 13.2 Å². The zero-order valence-corrected chi connectivity index (χ0v) is 64.6. The number of nitrogens with two attached hydrogens (primary N) is 4. The molecule has 4 aliphatic heterocycles. The number of aryl methyl sites for hydroxylation is 5. The van der Waals surface area contributed by atoms with E-state index < -0.39 is 13.3 Å². The van der Waals surface area contributed by atoms with Gasteiger partial charge < -0.3 is 56.7 Å². The first-order valence-electron chi connectivity index (χ1n) is 36.8. The van der Waals surface area contributed by atoms with Gasteiger partial charge in [0.25, 0.3) is 0 Å². The Labute approximate surface area is 649 Å². The molecule has 13 aromatic rings. The molecule has 0 fully saturated rings. The molecule has 0 bridgehead atoms. The Morgan fingerprint density at radius 3 is 0.991 bits per heavy atom. The summed E-state index contributed by atoms with van der Waals surface area (Å²) in [5.74, 6) is 2.28. The quantitative estimate of drug-likeness (QED) is 0.0634. The summed E-state index contributed by atoms with van der Waals surface area (Å²) in [6.07, 6.45) is 3.17. The molecule has 12 aromatic carbocycles. The van der Waals surface area contributed by atoms with Crippen LogP contribution in [-0.4, -0.2) is 76.6 Å². The van der Waals surface area contributed by atoms with Crippen molar-refractivity contribution in [2.24, 2.45) is 0 Å². The molecule has 1 aromatic heterocycles. The van der Waals surface area contributed by atoms with Crippen molar-refractivity contribution in [2.45, 2.75) is 65.0 Å². The van der Waals surface area contributed by atoms with Crippen LogP contribution in [0, 0.1) is 27.7 Å². The van der Waals surface area contributed by atoms with Gasteiger partial charge in [-0.25, -0.2) is 13.5 Å². The fourth-order valence-electron chi connectivity index (χ4n) is 15.7. The number of nitrogen functional groups attached to an aromatic ring is 4. The van der Waals surface area contributed by atoms with Crippen LogP contribution in [0.1, 0.15) is 96.6 Å². The van der Waals surface area contributed by atoms with Gasteiger partial charge in [-0.3, -0.25) is 0 Å². The number of rotatable bonds is 13. The molecule has 8 N–H and O–H groups in total. The van der Waals surface area contributed by atoms with E-state index in [0.29, 0.717) is 11.4 Å². The summed E-state index contributed by atoms with van der Waals surface area (Å²) in [5.41, 5.74) is 57.8. The van der Waals surface area contributed by atoms with Crippen molar-refractivity contribution in [1.82, 2.24) is 15.0 Å². The highest BCUT2D eigenvalue weighted by Crippen LogP contribution is 2.52. The molecule has 17 heteroatoms. The van der Waals surface area contributed by atoms with Gasteiger partial charge in [-0.15, -0.1) is 16.7 Å². The van der Waals surface area contributed by atoms with Crippen molar-refractivity contribution in [3.63, 3.8) is 0 Å². The molecular weight excluding hydrogens is 1390 g/mol. The highest BCUT2D eigenvalue weighted by molar-refractivity contribution is 6.15. The Hall–Kier alpha value is -12.3. The Morgan fingerprint density at radius 1 is 0.364 bits per heavy atom. The van der Waals surface area contributed by atoms with Crippen molar-refractivity contribution in [3.8, 4) is 61.8 Å². The van der Waals surface area contributed by atoms with E-state index in [4.69, 9.17) is 37.1 Å². The molecule has 14 nitrogen and oxygen atoms in total. The molecule has 110 heavy (non-hydrogen) atoms. The van der Waals surface area contributed by atoms with Gasteiger partial charge in [-0.1, -0.05) is 145 Å². The molecular formula is C93H94ClF2N11O3. The lowest BCUT2D eigenvalue weighted by atomic mass is 9.83. The lowest BCUT2D eigenvalue weighted by Gasteiger charge is -2.38. The minimum absolute atomic E-state index is 0.0347. The Balaban J connectivity index is 0.000000129. The molecule has 4 aliphatic rings. The van der Waals surface area contributed by atoms with Crippen molar-refractivity contribution >= 4 is 57.1 Å². The molecule has 4 unspecified atom stereocenters. The standard InChI is InChI=1S/C26H26FN5O.C23H23FN2O.C22H22N2O.C21H20N2.CH3Cl/c1-17-3-9-23-22-10-6-19(28)14-24(22)26(31(2)25(23)13-17)18-4-7-21(8-5-18)33-16-20-15-32(12-11-27)30-29-20;1-15-3-9-20-19-10-6-17(25)14-21(19)23(26(2)22(20)13-15)16-4-7-18(8-5-16)27-12-11-24;1-14-4-10-19-18-11-7-16(23)13-20(18)22(24(2)21(19)12-14)15-5-8-17(25-3)9-6-15;1-14-8-10-18-17-11-9-16(22)13-19(17)21(23(2)20(18)12-14)15-6-4-3-5-7-15;1-2/h3-10,13-15,26H,11-12,16,28H2,1-2H3;3-10,13-14,23H,11-12,25H2,1-2H3;4-13,22H,23H2,1-3H3;3-13,21H,22H2,1-2H3;1H3/i27-1;24-1;3-1;2-1;1-1. The van der Waals surface area contributed by atoms with Crippen LogP contribution in [0.3, 0.4) is 0 Å². The number of methoxy groups -OCH3 is 1. The largest absolute Gasteiger partial charge is 0.497 e. The van der Waals surface area contributed by atoms with E-state index in [9.17, 15) is 8.78 Å². The van der Waals surface area contributed by atoms with Gasteiger partial charge in [0.15, 0.2) is 0 Å². The molecule has 0 radical (unpaired) electrons. The Kier molecular flexibility index (Phi) is 23.1. The molecule has 0 spiro atoms. The first kappa shape index (κ1) is 75.9.